The summed E-state index contributed by atoms with van der Waals surface area (Å²) in [6.45, 7) is 7.67. The molecule has 0 aliphatic carbocycles. The van der Waals surface area contributed by atoms with Crippen molar-refractivity contribution in [2.45, 2.75) is 58.7 Å². The van der Waals surface area contributed by atoms with E-state index in [9.17, 15) is 27.9 Å². The molecule has 3 atom stereocenters. The molecule has 6 nitrogen and oxygen atoms in total. The summed E-state index contributed by atoms with van der Waals surface area (Å²) in [6.07, 6.45) is 1.15. The second kappa shape index (κ2) is 12.7. The zero-order valence-corrected chi connectivity index (χ0v) is 20.5. The Morgan fingerprint density at radius 3 is 2.26 bits per heavy atom. The van der Waals surface area contributed by atoms with Gasteiger partial charge in [0.1, 0.15) is 11.9 Å². The molecule has 1 saturated heterocycles. The van der Waals surface area contributed by atoms with Crippen molar-refractivity contribution in [2.24, 2.45) is 11.7 Å². The Bertz CT molecular complexity index is 1010. The number of carbonyl (C=O) groups is 2. The van der Waals surface area contributed by atoms with Gasteiger partial charge in [-0.1, -0.05) is 52.0 Å². The molecular weight excluding hydrogens is 459 g/mol. The van der Waals surface area contributed by atoms with Crippen LogP contribution in [0.15, 0.2) is 36.4 Å². The van der Waals surface area contributed by atoms with Gasteiger partial charge in [0.25, 0.3) is 0 Å². The topological polar surface area (TPSA) is 95.7 Å². The Labute approximate surface area is 204 Å². The summed E-state index contributed by atoms with van der Waals surface area (Å²) in [6, 6.07) is 5.12. The van der Waals surface area contributed by atoms with E-state index in [1.807, 2.05) is 27.7 Å². The Balaban J connectivity index is 0.00000210. The number of nitrogens with two attached hydrogens (primary N) is 1. The van der Waals surface area contributed by atoms with E-state index in [2.05, 4.69) is 5.32 Å². The molecule has 0 saturated carbocycles. The number of halogens is 3. The fourth-order valence-electron chi connectivity index (χ4n) is 3.96. The van der Waals surface area contributed by atoms with Gasteiger partial charge < -0.3 is 21.1 Å². The second-order valence-electron chi connectivity index (χ2n) is 8.54. The van der Waals surface area contributed by atoms with Crippen LogP contribution >= 0.6 is 0 Å². The third kappa shape index (κ3) is 6.41. The van der Waals surface area contributed by atoms with Crippen molar-refractivity contribution in [3.63, 3.8) is 0 Å². The summed E-state index contributed by atoms with van der Waals surface area (Å²) in [7, 11) is 0. The minimum atomic E-state index is -1.29. The highest BCUT2D eigenvalue weighted by molar-refractivity contribution is 5.90. The summed E-state index contributed by atoms with van der Waals surface area (Å²) in [5, 5.41) is 12.6. The maximum atomic E-state index is 14.1. The van der Waals surface area contributed by atoms with Crippen LogP contribution in [0.3, 0.4) is 0 Å². The van der Waals surface area contributed by atoms with Crippen LogP contribution < -0.4 is 11.1 Å². The lowest BCUT2D eigenvalue weighted by atomic mass is 9.99. The number of hydrogen-bond donors (Lipinski definition) is 3. The van der Waals surface area contributed by atoms with Gasteiger partial charge in [-0.05, 0) is 42.0 Å². The first-order chi connectivity index (χ1) is 16.6. The van der Waals surface area contributed by atoms with Gasteiger partial charge in [0, 0.05) is 6.54 Å². The summed E-state index contributed by atoms with van der Waals surface area (Å²) < 4.78 is 41.6. The van der Waals surface area contributed by atoms with E-state index in [0.29, 0.717) is 31.0 Å². The number of amides is 2. The standard InChI is InChI=1S/C24H28F3N3O3.C2H6/c1-13(2)22(28)24(33)30-11-3-4-19(30)23(32)29-18(12-31)14-5-7-15(8-6-14)20-16(25)9-10-17(26)21(20)27;1-2/h5-10,13,18-19,22,31H,3-4,11-12,28H2,1-2H3,(H,29,32);1-2H3. The molecule has 0 radical (unpaired) electrons. The molecule has 1 heterocycles. The summed E-state index contributed by atoms with van der Waals surface area (Å²) in [5.41, 5.74) is 6.09. The highest BCUT2D eigenvalue weighted by Gasteiger charge is 2.37. The van der Waals surface area contributed by atoms with Crippen LogP contribution in [0.4, 0.5) is 13.2 Å². The SMILES string of the molecule is CC.CC(C)C(N)C(=O)N1CCCC1C(=O)NC(CO)c1ccc(-c2c(F)ccc(F)c2F)cc1. The molecule has 4 N–H and O–H groups in total. The van der Waals surface area contributed by atoms with Crippen LogP contribution in [-0.4, -0.2) is 47.1 Å². The lowest BCUT2D eigenvalue weighted by molar-refractivity contribution is -0.140. The van der Waals surface area contributed by atoms with Gasteiger partial charge in [0.15, 0.2) is 11.6 Å². The predicted molar refractivity (Wildman–Crippen MR) is 129 cm³/mol. The molecule has 3 rings (SSSR count). The third-order valence-electron chi connectivity index (χ3n) is 5.99. The Morgan fingerprint density at radius 2 is 1.69 bits per heavy atom. The number of nitrogens with zero attached hydrogens (tertiary/aromatic N) is 1. The quantitative estimate of drug-likeness (QED) is 0.510. The lowest BCUT2D eigenvalue weighted by Gasteiger charge is -2.29. The second-order valence-corrected chi connectivity index (χ2v) is 8.54. The fraction of sp³-hybridized carbons (Fsp3) is 0.462. The van der Waals surface area contributed by atoms with Crippen molar-refractivity contribution >= 4 is 11.8 Å². The first kappa shape index (κ1) is 28.3. The number of likely N-dealkylation sites (tertiary alicyclic amines) is 1. The molecule has 1 fully saturated rings. The van der Waals surface area contributed by atoms with E-state index in [4.69, 9.17) is 5.73 Å². The average molecular weight is 494 g/mol. The molecule has 2 amide bonds. The van der Waals surface area contributed by atoms with Crippen LogP contribution in [-0.2, 0) is 9.59 Å². The van der Waals surface area contributed by atoms with Crippen LogP contribution in [0.5, 0.6) is 0 Å². The van der Waals surface area contributed by atoms with Crippen LogP contribution in [0.2, 0.25) is 0 Å². The lowest BCUT2D eigenvalue weighted by Crippen LogP contribution is -2.53. The number of rotatable bonds is 7. The molecule has 0 bridgehead atoms. The van der Waals surface area contributed by atoms with E-state index in [0.717, 1.165) is 6.07 Å². The zero-order valence-electron chi connectivity index (χ0n) is 20.5. The minimum Gasteiger partial charge on any atom is -0.394 e. The highest BCUT2D eigenvalue weighted by atomic mass is 19.2. The Morgan fingerprint density at radius 1 is 1.09 bits per heavy atom. The molecule has 0 aromatic heterocycles. The number of benzene rings is 2. The molecular formula is C26H34F3N3O3. The molecule has 9 heteroatoms. The summed E-state index contributed by atoms with van der Waals surface area (Å²) >= 11 is 0. The van der Waals surface area contributed by atoms with E-state index in [-0.39, 0.29) is 17.4 Å². The van der Waals surface area contributed by atoms with Crippen molar-refractivity contribution in [1.82, 2.24) is 10.2 Å². The van der Waals surface area contributed by atoms with Crippen LogP contribution in [0, 0.1) is 23.4 Å². The van der Waals surface area contributed by atoms with Crippen molar-refractivity contribution < 1.29 is 27.9 Å². The predicted octanol–water partition coefficient (Wildman–Crippen LogP) is 3.92. The van der Waals surface area contributed by atoms with Crippen LogP contribution in [0.1, 0.15) is 52.1 Å². The molecule has 1 aliphatic heterocycles. The van der Waals surface area contributed by atoms with E-state index < -0.39 is 53.7 Å². The maximum Gasteiger partial charge on any atom is 0.243 e. The Kier molecular flexibility index (Phi) is 10.3. The molecule has 35 heavy (non-hydrogen) atoms. The fourth-order valence-corrected chi connectivity index (χ4v) is 3.96. The monoisotopic (exact) mass is 493 g/mol. The maximum absolute atomic E-state index is 14.1. The molecule has 1 aliphatic rings. The number of aliphatic hydroxyl groups excluding tert-OH is 1. The van der Waals surface area contributed by atoms with Crippen molar-refractivity contribution in [2.75, 3.05) is 13.2 Å². The average Bonchev–Trinajstić information content (AvgIpc) is 3.36. The molecule has 3 unspecified atom stereocenters. The molecule has 2 aromatic rings. The van der Waals surface area contributed by atoms with E-state index in [1.54, 1.807) is 0 Å². The van der Waals surface area contributed by atoms with Gasteiger partial charge in [-0.15, -0.1) is 0 Å². The van der Waals surface area contributed by atoms with Crippen molar-refractivity contribution in [3.05, 3.63) is 59.4 Å². The number of nitrogens with one attached hydrogen (secondary N) is 1. The Hall–Kier alpha value is -2.91. The largest absolute Gasteiger partial charge is 0.394 e. The number of aliphatic hydroxyl groups is 1. The smallest absolute Gasteiger partial charge is 0.243 e. The number of hydrogen-bond acceptors (Lipinski definition) is 4. The number of carbonyl (C=O) groups excluding carboxylic acids is 2. The normalized spacial score (nSPS) is 17.0. The van der Waals surface area contributed by atoms with Crippen molar-refractivity contribution in [1.29, 1.82) is 0 Å². The highest BCUT2D eigenvalue weighted by Crippen LogP contribution is 2.29. The van der Waals surface area contributed by atoms with Gasteiger partial charge in [-0.25, -0.2) is 13.2 Å². The van der Waals surface area contributed by atoms with Gasteiger partial charge in [0.2, 0.25) is 11.8 Å². The first-order valence-electron chi connectivity index (χ1n) is 11.9. The van der Waals surface area contributed by atoms with Gasteiger partial charge in [-0.2, -0.15) is 0 Å². The first-order valence-corrected chi connectivity index (χ1v) is 11.9. The molecule has 0 spiro atoms. The van der Waals surface area contributed by atoms with Gasteiger partial charge in [-0.3, -0.25) is 9.59 Å². The molecule has 192 valence electrons. The summed E-state index contributed by atoms with van der Waals surface area (Å²) in [5.74, 6) is -4.13. The van der Waals surface area contributed by atoms with Crippen molar-refractivity contribution in [3.8, 4) is 11.1 Å². The zero-order chi connectivity index (χ0) is 26.3. The summed E-state index contributed by atoms with van der Waals surface area (Å²) in [4.78, 5) is 27.1. The van der Waals surface area contributed by atoms with Gasteiger partial charge in [0.05, 0.1) is 24.3 Å². The minimum absolute atomic E-state index is 0.0710. The third-order valence-corrected chi connectivity index (χ3v) is 5.99. The van der Waals surface area contributed by atoms with E-state index in [1.165, 1.54) is 29.2 Å². The molecule has 2 aromatic carbocycles. The van der Waals surface area contributed by atoms with Gasteiger partial charge >= 0.3 is 0 Å². The van der Waals surface area contributed by atoms with E-state index >= 15 is 0 Å². The van der Waals surface area contributed by atoms with Crippen LogP contribution in [0.25, 0.3) is 11.1 Å².